The second kappa shape index (κ2) is 8.47. The van der Waals surface area contributed by atoms with E-state index in [1.54, 1.807) is 19.2 Å². The van der Waals surface area contributed by atoms with Gasteiger partial charge in [-0.3, -0.25) is 9.59 Å². The van der Waals surface area contributed by atoms with Crippen molar-refractivity contribution in [2.24, 2.45) is 0 Å². The van der Waals surface area contributed by atoms with E-state index in [2.05, 4.69) is 10.6 Å². The Morgan fingerprint density at radius 1 is 0.886 bits per heavy atom. The van der Waals surface area contributed by atoms with Crippen molar-refractivity contribution in [3.63, 3.8) is 0 Å². The summed E-state index contributed by atoms with van der Waals surface area (Å²) in [4.78, 5) is 27.2. The predicted octanol–water partition coefficient (Wildman–Crippen LogP) is 5.78. The van der Waals surface area contributed by atoms with Gasteiger partial charge in [-0.25, -0.2) is 0 Å². The Labute approximate surface area is 202 Å². The van der Waals surface area contributed by atoms with Crippen LogP contribution in [0.5, 0.6) is 5.75 Å². The third-order valence-electron chi connectivity index (χ3n) is 6.91. The topological polar surface area (TPSA) is 80.6 Å². The first-order valence-electron chi connectivity index (χ1n) is 11.7. The molecular formula is C29H24N2O4. The third-order valence-corrected chi connectivity index (χ3v) is 6.91. The van der Waals surface area contributed by atoms with Crippen LogP contribution in [-0.4, -0.2) is 12.9 Å². The van der Waals surface area contributed by atoms with Crippen LogP contribution in [0.4, 0.5) is 11.4 Å². The molecule has 35 heavy (non-hydrogen) atoms. The van der Waals surface area contributed by atoms with Gasteiger partial charge in [0.05, 0.1) is 35.5 Å². The molecule has 6 heteroatoms. The van der Waals surface area contributed by atoms with Gasteiger partial charge < -0.3 is 19.8 Å². The van der Waals surface area contributed by atoms with Crippen LogP contribution in [-0.2, 0) is 4.79 Å². The molecule has 0 saturated carbocycles. The Balaban J connectivity index is 1.48. The zero-order chi connectivity index (χ0) is 23.9. The summed E-state index contributed by atoms with van der Waals surface area (Å²) >= 11 is 0. The Bertz CT molecular complexity index is 1530. The molecule has 1 aromatic heterocycles. The molecule has 2 aliphatic rings. The molecule has 0 saturated heterocycles. The highest BCUT2D eigenvalue weighted by Gasteiger charge is 2.37. The van der Waals surface area contributed by atoms with Crippen LogP contribution in [0.1, 0.15) is 35.9 Å². The summed E-state index contributed by atoms with van der Waals surface area (Å²) in [5.41, 5.74) is 5.01. The fourth-order valence-electron chi connectivity index (χ4n) is 5.13. The highest BCUT2D eigenvalue weighted by Crippen LogP contribution is 2.44. The molecule has 6 rings (SSSR count). The molecule has 2 N–H and O–H groups in total. The largest absolute Gasteiger partial charge is 0.497 e. The van der Waals surface area contributed by atoms with E-state index in [-0.39, 0.29) is 17.1 Å². The molecular weight excluding hydrogens is 440 g/mol. The van der Waals surface area contributed by atoms with Crippen molar-refractivity contribution in [3.05, 3.63) is 112 Å². The average molecular weight is 465 g/mol. The number of para-hydroxylation sites is 3. The number of hydrogen-bond donors (Lipinski definition) is 2. The summed E-state index contributed by atoms with van der Waals surface area (Å²) < 4.78 is 11.1. The van der Waals surface area contributed by atoms with Gasteiger partial charge in [-0.05, 0) is 54.3 Å². The van der Waals surface area contributed by atoms with E-state index >= 15 is 0 Å². The number of rotatable bonds is 3. The number of carbonyl (C=O) groups excluding carboxylic acids is 1. The summed E-state index contributed by atoms with van der Waals surface area (Å²) in [5, 5.41) is 7.47. The zero-order valence-corrected chi connectivity index (χ0v) is 19.2. The molecule has 0 unspecified atom stereocenters. The summed E-state index contributed by atoms with van der Waals surface area (Å²) in [6.45, 7) is 0. The van der Waals surface area contributed by atoms with E-state index in [9.17, 15) is 9.59 Å². The molecule has 1 aliphatic carbocycles. The number of Topliss-reactive ketones (excluding diaryl/α,β-unsaturated/α-hetero) is 1. The van der Waals surface area contributed by atoms with Crippen LogP contribution in [0.25, 0.3) is 11.0 Å². The summed E-state index contributed by atoms with van der Waals surface area (Å²) in [5.74, 6) is 0.820. The van der Waals surface area contributed by atoms with Gasteiger partial charge in [0.15, 0.2) is 11.2 Å². The molecule has 1 aliphatic heterocycles. The molecule has 4 aromatic rings. The molecule has 2 atom stereocenters. The third kappa shape index (κ3) is 3.67. The van der Waals surface area contributed by atoms with Gasteiger partial charge in [-0.15, -0.1) is 0 Å². The van der Waals surface area contributed by atoms with E-state index in [4.69, 9.17) is 9.15 Å². The molecule has 6 nitrogen and oxygen atoms in total. The van der Waals surface area contributed by atoms with Gasteiger partial charge in [-0.2, -0.15) is 0 Å². The highest BCUT2D eigenvalue weighted by molar-refractivity contribution is 6.01. The first-order chi connectivity index (χ1) is 17.1. The monoisotopic (exact) mass is 464 g/mol. The second-order valence-corrected chi connectivity index (χ2v) is 8.96. The maximum Gasteiger partial charge on any atom is 0.198 e. The Morgan fingerprint density at radius 2 is 1.63 bits per heavy atom. The van der Waals surface area contributed by atoms with Crippen LogP contribution in [0.15, 0.2) is 99.5 Å². The number of ether oxygens (including phenoxy) is 1. The van der Waals surface area contributed by atoms with Gasteiger partial charge >= 0.3 is 0 Å². The average Bonchev–Trinajstić information content (AvgIpc) is 3.06. The smallest absolute Gasteiger partial charge is 0.198 e. The molecule has 0 bridgehead atoms. The minimum Gasteiger partial charge on any atom is -0.497 e. The quantitative estimate of drug-likeness (QED) is 0.400. The number of allylic oxidation sites excluding steroid dienone is 1. The van der Waals surface area contributed by atoms with Crippen LogP contribution in [0.3, 0.4) is 0 Å². The standard InChI is InChI=1S/C29H24N2O4/c1-34-19-12-10-17(11-13-19)18-14-24-27(25(32)15-18)28(31-23-8-4-3-7-22(23)30-24)21-16-35-26-9-5-2-6-20(26)29(21)33/h2-13,16,18,28,30-31H,14-15H2,1H3/t18-,28+/m0/s1. The van der Waals surface area contributed by atoms with Crippen molar-refractivity contribution < 1.29 is 13.9 Å². The van der Waals surface area contributed by atoms with Crippen molar-refractivity contribution >= 4 is 28.1 Å². The summed E-state index contributed by atoms with van der Waals surface area (Å²) in [6.07, 6.45) is 2.50. The van der Waals surface area contributed by atoms with E-state index in [1.165, 1.54) is 6.26 Å². The number of methoxy groups -OCH3 is 1. The van der Waals surface area contributed by atoms with Gasteiger partial charge in [0, 0.05) is 17.7 Å². The normalized spacial score (nSPS) is 19.3. The number of anilines is 2. The van der Waals surface area contributed by atoms with Crippen molar-refractivity contribution in [1.29, 1.82) is 0 Å². The van der Waals surface area contributed by atoms with E-state index in [0.717, 1.165) is 28.4 Å². The number of fused-ring (bicyclic) bond motifs is 2. The lowest BCUT2D eigenvalue weighted by molar-refractivity contribution is -0.116. The number of nitrogens with one attached hydrogen (secondary N) is 2. The number of benzene rings is 3. The van der Waals surface area contributed by atoms with Gasteiger partial charge in [0.2, 0.25) is 0 Å². The van der Waals surface area contributed by atoms with Crippen molar-refractivity contribution in [2.45, 2.75) is 24.8 Å². The number of hydrogen-bond acceptors (Lipinski definition) is 6. The lowest BCUT2D eigenvalue weighted by atomic mass is 9.78. The molecule has 0 amide bonds. The summed E-state index contributed by atoms with van der Waals surface area (Å²) in [6, 6.07) is 22.2. The number of ketones is 1. The van der Waals surface area contributed by atoms with Crippen molar-refractivity contribution in [2.75, 3.05) is 17.7 Å². The fourth-order valence-corrected chi connectivity index (χ4v) is 5.13. The Morgan fingerprint density at radius 3 is 2.43 bits per heavy atom. The van der Waals surface area contributed by atoms with E-state index < -0.39 is 6.04 Å². The highest BCUT2D eigenvalue weighted by atomic mass is 16.5. The van der Waals surface area contributed by atoms with Crippen molar-refractivity contribution in [1.82, 2.24) is 0 Å². The lowest BCUT2D eigenvalue weighted by Gasteiger charge is -2.29. The van der Waals surface area contributed by atoms with Crippen LogP contribution < -0.4 is 20.8 Å². The van der Waals surface area contributed by atoms with Crippen LogP contribution in [0.2, 0.25) is 0 Å². The van der Waals surface area contributed by atoms with Gasteiger partial charge in [0.1, 0.15) is 17.6 Å². The van der Waals surface area contributed by atoms with Gasteiger partial charge in [-0.1, -0.05) is 36.4 Å². The molecule has 0 spiro atoms. The van der Waals surface area contributed by atoms with E-state index in [0.29, 0.717) is 34.9 Å². The SMILES string of the molecule is COc1ccc([C@@H]2CC(=O)C3=C(C2)Nc2ccccc2N[C@@H]3c2coc3ccccc3c2=O)cc1. The Hall–Kier alpha value is -4.32. The molecule has 0 fully saturated rings. The molecule has 3 aromatic carbocycles. The van der Waals surface area contributed by atoms with Crippen molar-refractivity contribution in [3.8, 4) is 5.75 Å². The minimum absolute atomic E-state index is 0.0115. The van der Waals surface area contributed by atoms with E-state index in [1.807, 2.05) is 60.7 Å². The second-order valence-electron chi connectivity index (χ2n) is 8.96. The van der Waals surface area contributed by atoms with Gasteiger partial charge in [0.25, 0.3) is 0 Å². The summed E-state index contributed by atoms with van der Waals surface area (Å²) in [7, 11) is 1.64. The fraction of sp³-hybridized carbons (Fsp3) is 0.172. The minimum atomic E-state index is -0.619. The van der Waals surface area contributed by atoms with Crippen LogP contribution >= 0.6 is 0 Å². The molecule has 174 valence electrons. The molecule has 0 radical (unpaired) electrons. The first-order valence-corrected chi connectivity index (χ1v) is 11.7. The number of carbonyl (C=O) groups is 1. The predicted molar refractivity (Wildman–Crippen MR) is 136 cm³/mol. The molecule has 2 heterocycles. The zero-order valence-electron chi connectivity index (χ0n) is 19.2. The van der Waals surface area contributed by atoms with Crippen LogP contribution in [0, 0.1) is 0 Å². The lowest BCUT2D eigenvalue weighted by Crippen LogP contribution is -2.29. The first kappa shape index (κ1) is 21.2. The maximum absolute atomic E-state index is 13.7. The maximum atomic E-state index is 13.7. The Kier molecular flexibility index (Phi) is 5.14.